The van der Waals surface area contributed by atoms with Crippen molar-refractivity contribution in [3.8, 4) is 90.1 Å². The Morgan fingerprint density at radius 3 is 1.14 bits per heavy atom. The van der Waals surface area contributed by atoms with Crippen LogP contribution in [0, 0.1) is 0 Å². The third kappa shape index (κ3) is 11.6. The van der Waals surface area contributed by atoms with Crippen molar-refractivity contribution in [1.29, 1.82) is 0 Å². The smallest absolute Gasteiger partial charge is 0.163 e. The predicted molar refractivity (Wildman–Crippen MR) is 502 cm³/mol. The Labute approximate surface area is 689 Å². The highest BCUT2D eigenvalue weighted by atomic mass is 32.1. The van der Waals surface area contributed by atoms with Gasteiger partial charge >= 0.3 is 0 Å². The number of thiophene rings is 1. The maximum Gasteiger partial charge on any atom is 0.163 e. The van der Waals surface area contributed by atoms with Crippen molar-refractivity contribution in [2.45, 2.75) is 19.3 Å². The van der Waals surface area contributed by atoms with Gasteiger partial charge in [0.2, 0.25) is 0 Å². The molecule has 6 nitrogen and oxygen atoms in total. The molecule has 19 aromatic carbocycles. The first kappa shape index (κ1) is 69.4. The lowest BCUT2D eigenvalue weighted by molar-refractivity contribution is 0.661. The number of nitrogens with zero attached hydrogens (tertiary/aromatic N) is 5. The predicted octanol–water partition coefficient (Wildman–Crippen LogP) is 30.7. The van der Waals surface area contributed by atoms with Crippen LogP contribution in [-0.2, 0) is 5.41 Å². The number of hydrogen-bond donors (Lipinski definition) is 0. The third-order valence-corrected chi connectivity index (χ3v) is 25.8. The van der Waals surface area contributed by atoms with Crippen LogP contribution in [0.4, 0.5) is 0 Å². The third-order valence-electron chi connectivity index (χ3n) is 24.5. The van der Waals surface area contributed by atoms with Crippen molar-refractivity contribution in [1.82, 2.24) is 24.9 Å². The van der Waals surface area contributed by atoms with Crippen molar-refractivity contribution in [2.75, 3.05) is 0 Å². The van der Waals surface area contributed by atoms with Crippen LogP contribution in [0.15, 0.2) is 399 Å². The fourth-order valence-corrected chi connectivity index (χ4v) is 20.2. The summed E-state index contributed by atoms with van der Waals surface area (Å²) >= 11 is 1.92. The second-order valence-electron chi connectivity index (χ2n) is 31.6. The number of furan rings is 1. The van der Waals surface area contributed by atoms with E-state index in [4.69, 9.17) is 19.4 Å². The zero-order valence-corrected chi connectivity index (χ0v) is 65.9. The van der Waals surface area contributed by atoms with Crippen molar-refractivity contribution >= 4 is 150 Å². The van der Waals surface area contributed by atoms with Gasteiger partial charge in [0, 0.05) is 82.0 Å². The molecule has 7 heteroatoms. The lowest BCUT2D eigenvalue weighted by atomic mass is 9.80. The van der Waals surface area contributed by atoms with Crippen LogP contribution >= 0.6 is 11.3 Å². The molecule has 24 aromatic rings. The van der Waals surface area contributed by atoms with E-state index in [-0.39, 0.29) is 5.41 Å². The van der Waals surface area contributed by atoms with Crippen molar-refractivity contribution < 1.29 is 4.42 Å². The summed E-state index contributed by atoms with van der Waals surface area (Å²) in [5.41, 5.74) is 19.4. The monoisotopic (exact) mass is 1530 g/mol. The Morgan fingerprint density at radius 1 is 0.227 bits per heavy atom. The van der Waals surface area contributed by atoms with Crippen LogP contribution in [-0.4, -0.2) is 24.9 Å². The van der Waals surface area contributed by atoms with Crippen molar-refractivity contribution in [2.24, 2.45) is 0 Å². The number of para-hydroxylation sites is 1. The molecule has 5 aromatic heterocycles. The van der Waals surface area contributed by atoms with Crippen LogP contribution in [0.5, 0.6) is 0 Å². The Balaban J connectivity index is 0.000000105. The summed E-state index contributed by atoms with van der Waals surface area (Å²) in [6.45, 7) is 4.69. The van der Waals surface area contributed by atoms with Crippen molar-refractivity contribution in [3.63, 3.8) is 0 Å². The maximum atomic E-state index is 6.57. The normalized spacial score (nSPS) is 12.4. The van der Waals surface area contributed by atoms with Crippen molar-refractivity contribution in [3.05, 3.63) is 406 Å². The van der Waals surface area contributed by atoms with Crippen LogP contribution in [0.1, 0.15) is 25.0 Å². The number of fused-ring (bicyclic) bond motifs is 28. The number of rotatable bonds is 7. The molecule has 0 spiro atoms. The van der Waals surface area contributed by atoms with Gasteiger partial charge in [0.1, 0.15) is 11.2 Å². The first-order valence-corrected chi connectivity index (χ1v) is 41.4. The summed E-state index contributed by atoms with van der Waals surface area (Å²) in [6.07, 6.45) is 3.68. The Morgan fingerprint density at radius 2 is 0.613 bits per heavy atom. The lowest BCUT2D eigenvalue weighted by Crippen LogP contribution is -2.15. The summed E-state index contributed by atoms with van der Waals surface area (Å²) in [6, 6.07) is 136. The zero-order chi connectivity index (χ0) is 78.8. The molecule has 0 amide bonds. The lowest BCUT2D eigenvalue weighted by Gasteiger charge is -2.23. The van der Waals surface area contributed by atoms with E-state index in [1.165, 1.54) is 151 Å². The molecule has 0 aliphatic heterocycles. The molecule has 0 radical (unpaired) electrons. The van der Waals surface area contributed by atoms with Crippen LogP contribution < -0.4 is 0 Å². The molecule has 0 N–H and O–H groups in total. The first-order valence-electron chi connectivity index (χ1n) is 40.6. The molecule has 5 heterocycles. The average molecular weight is 1530 g/mol. The minimum atomic E-state index is -0.140. The van der Waals surface area contributed by atoms with Gasteiger partial charge in [-0.1, -0.05) is 335 Å². The molecule has 0 saturated carbocycles. The quantitative estimate of drug-likeness (QED) is 0.148. The summed E-state index contributed by atoms with van der Waals surface area (Å²) in [7, 11) is 0. The first-order chi connectivity index (χ1) is 58.8. The van der Waals surface area contributed by atoms with Gasteiger partial charge in [-0.15, -0.1) is 11.3 Å². The summed E-state index contributed by atoms with van der Waals surface area (Å²) in [5, 5.41) is 28.0. The molecule has 119 heavy (non-hydrogen) atoms. The standard InChI is InChI=1S/C41H25NS.C37H26N2.C34H20N2O/c1-3-12-26(13-4-1)37-24-28(25-38(42-37)27-14-5-2-6-15-27)29-20-11-21-35-36-23-22-34-32-18-8-7-16-30(32)31-17-9-10-19-33(31)39(34)41(36)43-40(29)35;1-37(2)33-20-24(36-38-19-18-35(39-36)23-10-4-3-5-11-23)16-17-29(33)32-21-30-27-14-8-6-12-25(27)26-13-7-9-15-28(26)31(30)22-34(32)37;1-2-9-21(10-3-1)31-17-18-35-34(36-31)27-16-8-15-26-30-19-28-24-13-6-4-11-22(24)23-12-5-7-14-25(23)29(28)20-32(30)37-33(26)27/h1-25H;3-22H,1-2H3;1-20H. The van der Waals surface area contributed by atoms with Gasteiger partial charge in [-0.3, -0.25) is 0 Å². The van der Waals surface area contributed by atoms with Crippen LogP contribution in [0.2, 0.25) is 0 Å². The highest BCUT2D eigenvalue weighted by Gasteiger charge is 2.37. The molecular formula is C112H71N5OS. The maximum absolute atomic E-state index is 6.57. The van der Waals surface area contributed by atoms with Gasteiger partial charge in [0.05, 0.1) is 28.3 Å². The number of hydrogen-bond acceptors (Lipinski definition) is 7. The van der Waals surface area contributed by atoms with Gasteiger partial charge < -0.3 is 4.42 Å². The molecule has 556 valence electrons. The number of benzene rings is 19. The molecule has 1 aliphatic rings. The van der Waals surface area contributed by atoms with Gasteiger partial charge in [0.25, 0.3) is 0 Å². The second-order valence-corrected chi connectivity index (χ2v) is 32.6. The van der Waals surface area contributed by atoms with E-state index < -0.39 is 0 Å². The Hall–Kier alpha value is -15.2. The Kier molecular flexibility index (Phi) is 16.4. The molecule has 1 aliphatic carbocycles. The van der Waals surface area contributed by atoms with Crippen LogP contribution in [0.3, 0.4) is 0 Å². The molecule has 0 unspecified atom stereocenters. The van der Waals surface area contributed by atoms with Gasteiger partial charge in [-0.2, -0.15) is 0 Å². The minimum Gasteiger partial charge on any atom is -0.455 e. The molecule has 0 saturated heterocycles. The Bertz CT molecular complexity index is 8170. The number of pyridine rings is 1. The van der Waals surface area contributed by atoms with Gasteiger partial charge in [-0.25, -0.2) is 24.9 Å². The summed E-state index contributed by atoms with van der Waals surface area (Å²) < 4.78 is 9.23. The molecular weight excluding hydrogens is 1460 g/mol. The van der Waals surface area contributed by atoms with Crippen LogP contribution in [0.25, 0.3) is 229 Å². The second kappa shape index (κ2) is 28.1. The molecule has 0 fully saturated rings. The molecule has 0 bridgehead atoms. The van der Waals surface area contributed by atoms with E-state index >= 15 is 0 Å². The molecule has 0 atom stereocenters. The van der Waals surface area contributed by atoms with E-state index in [9.17, 15) is 0 Å². The van der Waals surface area contributed by atoms with E-state index in [0.29, 0.717) is 5.82 Å². The van der Waals surface area contributed by atoms with E-state index in [2.05, 4.69) is 351 Å². The fourth-order valence-electron chi connectivity index (χ4n) is 18.8. The fraction of sp³-hybridized carbons (Fsp3) is 0.0268. The largest absolute Gasteiger partial charge is 0.455 e. The topological polar surface area (TPSA) is 77.6 Å². The summed E-state index contributed by atoms with van der Waals surface area (Å²) in [5.74, 6) is 1.42. The van der Waals surface area contributed by atoms with E-state index in [1.807, 2.05) is 78.3 Å². The number of aromatic nitrogens is 5. The van der Waals surface area contributed by atoms with E-state index in [1.54, 1.807) is 0 Å². The highest BCUT2D eigenvalue weighted by Crippen LogP contribution is 2.54. The SMILES string of the molecule is CC1(C)c2cc(-c3nccc(-c4ccccc4)n3)ccc2-c2cc3c4ccccc4c4ccccc4c3cc21.c1ccc(-c2cc(-c3cccc4c3sc3c4ccc4c5ccccc5c5ccccc5c43)cc(-c3ccccc3)n2)cc1.c1ccc(-c2ccnc(-c3cccc4c3oc3cc5c6ccccc6c6ccccc6c5cc34)n2)cc1. The highest BCUT2D eigenvalue weighted by molar-refractivity contribution is 7.27. The summed E-state index contributed by atoms with van der Waals surface area (Å²) in [4.78, 5) is 24.2. The molecule has 25 rings (SSSR count). The minimum absolute atomic E-state index is 0.140. The average Bonchev–Trinajstić information content (AvgIpc) is 1.60. The van der Waals surface area contributed by atoms with Gasteiger partial charge in [-0.05, 0) is 186 Å². The van der Waals surface area contributed by atoms with E-state index in [0.717, 1.165) is 83.9 Å². The zero-order valence-electron chi connectivity index (χ0n) is 65.1. The van der Waals surface area contributed by atoms with Gasteiger partial charge in [0.15, 0.2) is 11.6 Å².